The van der Waals surface area contributed by atoms with Crippen LogP contribution in [0.3, 0.4) is 0 Å². The zero-order valence-electron chi connectivity index (χ0n) is 21.6. The summed E-state index contributed by atoms with van der Waals surface area (Å²) >= 11 is 6.84. The van der Waals surface area contributed by atoms with E-state index in [-0.39, 0.29) is 11.7 Å². The van der Waals surface area contributed by atoms with Crippen LogP contribution >= 0.6 is 11.6 Å². The van der Waals surface area contributed by atoms with Crippen LogP contribution in [0.1, 0.15) is 54.2 Å². The van der Waals surface area contributed by atoms with Crippen LogP contribution in [0, 0.1) is 6.92 Å². The predicted octanol–water partition coefficient (Wildman–Crippen LogP) is 5.59. The first-order valence-corrected chi connectivity index (χ1v) is 12.6. The minimum atomic E-state index is -1.06. The van der Waals surface area contributed by atoms with E-state index in [1.165, 1.54) is 0 Å². The lowest BCUT2D eigenvalue weighted by Gasteiger charge is -2.32. The highest BCUT2D eigenvalue weighted by Crippen LogP contribution is 2.53. The first kappa shape index (κ1) is 24.4. The number of hydrogen-bond acceptors (Lipinski definition) is 5. The van der Waals surface area contributed by atoms with Crippen LogP contribution in [0.4, 0.5) is 5.69 Å². The lowest BCUT2D eigenvalue weighted by atomic mass is 9.90. The Morgan fingerprint density at radius 2 is 1.72 bits per heavy atom. The van der Waals surface area contributed by atoms with Crippen LogP contribution in [-0.4, -0.2) is 43.8 Å². The maximum absolute atomic E-state index is 13.7. The number of amides is 1. The van der Waals surface area contributed by atoms with Gasteiger partial charge in [-0.25, -0.2) is 0 Å². The Labute approximate surface area is 217 Å². The Bertz CT molecular complexity index is 1360. The van der Waals surface area contributed by atoms with Crippen molar-refractivity contribution in [2.45, 2.75) is 46.3 Å². The number of rotatable bonds is 4. The fourth-order valence-corrected chi connectivity index (χ4v) is 5.65. The molecule has 0 fully saturated rings. The molecule has 3 aliphatic rings. The van der Waals surface area contributed by atoms with Crippen LogP contribution in [0.5, 0.6) is 11.5 Å². The van der Waals surface area contributed by atoms with E-state index in [0.717, 1.165) is 28.0 Å². The maximum atomic E-state index is 13.7. The average Bonchev–Trinajstić information content (AvgIpc) is 3.20. The van der Waals surface area contributed by atoms with Crippen LogP contribution in [0.25, 0.3) is 0 Å². The summed E-state index contributed by atoms with van der Waals surface area (Å²) in [6.07, 6.45) is 3.02. The van der Waals surface area contributed by atoms with E-state index in [1.54, 1.807) is 4.90 Å². The van der Waals surface area contributed by atoms with Gasteiger partial charge in [-0.2, -0.15) is 0 Å². The van der Waals surface area contributed by atoms with Crippen molar-refractivity contribution in [2.24, 2.45) is 0 Å². The number of ether oxygens (including phenoxy) is 2. The van der Waals surface area contributed by atoms with Gasteiger partial charge in [0.05, 0.1) is 10.6 Å². The third-order valence-electron chi connectivity index (χ3n) is 7.39. The summed E-state index contributed by atoms with van der Waals surface area (Å²) < 4.78 is 12.7. The molecule has 0 aromatic heterocycles. The SMILES string of the molecule is CC1=CC(C)=C(CN2CCc3c(Cl)c4c(c(C)c3C2=O)OC(C)(c2ccc(N(C)C)cc2)O4)C(=O)C1. The van der Waals surface area contributed by atoms with E-state index in [1.807, 2.05) is 77.0 Å². The number of anilines is 1. The summed E-state index contributed by atoms with van der Waals surface area (Å²) in [5, 5.41) is 0.426. The molecular weight excluding hydrogens is 476 g/mol. The minimum Gasteiger partial charge on any atom is -0.444 e. The molecule has 0 saturated carbocycles. The molecule has 6 nitrogen and oxygen atoms in total. The topological polar surface area (TPSA) is 59.1 Å². The zero-order valence-corrected chi connectivity index (χ0v) is 22.4. The smallest absolute Gasteiger partial charge is 0.275 e. The summed E-state index contributed by atoms with van der Waals surface area (Å²) in [5.41, 5.74) is 6.65. The molecule has 7 heteroatoms. The lowest BCUT2D eigenvalue weighted by molar-refractivity contribution is -0.115. The summed E-state index contributed by atoms with van der Waals surface area (Å²) in [7, 11) is 3.98. The van der Waals surface area contributed by atoms with Crippen molar-refractivity contribution >= 4 is 29.0 Å². The molecule has 0 N–H and O–H groups in total. The van der Waals surface area contributed by atoms with Crippen molar-refractivity contribution in [2.75, 3.05) is 32.1 Å². The van der Waals surface area contributed by atoms with Crippen molar-refractivity contribution in [3.63, 3.8) is 0 Å². The van der Waals surface area contributed by atoms with Gasteiger partial charge in [-0.15, -0.1) is 0 Å². The molecular formula is C29H31ClN2O4. The fourth-order valence-electron chi connectivity index (χ4n) is 5.33. The first-order chi connectivity index (χ1) is 17.0. The van der Waals surface area contributed by atoms with E-state index in [4.69, 9.17) is 21.1 Å². The van der Waals surface area contributed by atoms with Crippen molar-refractivity contribution in [3.05, 3.63) is 74.3 Å². The van der Waals surface area contributed by atoms with Crippen molar-refractivity contribution in [1.29, 1.82) is 0 Å². The molecule has 2 heterocycles. The Morgan fingerprint density at radius 3 is 2.36 bits per heavy atom. The third kappa shape index (κ3) is 3.88. The number of benzene rings is 2. The molecule has 1 atom stereocenters. The molecule has 5 rings (SSSR count). The van der Waals surface area contributed by atoms with Gasteiger partial charge in [-0.05, 0) is 62.6 Å². The molecule has 1 unspecified atom stereocenters. The van der Waals surface area contributed by atoms with Gasteiger partial charge in [0.25, 0.3) is 11.7 Å². The summed E-state index contributed by atoms with van der Waals surface area (Å²) in [5.74, 6) is -0.131. The average molecular weight is 507 g/mol. The van der Waals surface area contributed by atoms with Crippen LogP contribution in [0.2, 0.25) is 5.02 Å². The highest BCUT2D eigenvalue weighted by molar-refractivity contribution is 6.34. The standard InChI is InChI=1S/C29H31ClN2O4/c1-16-13-17(2)22(23(33)14-16)15-32-12-11-21-24(28(32)34)18(3)26-27(25(21)30)36-29(4,35-26)19-7-9-20(10-8-19)31(5)6/h7-10,13H,11-12,14-15H2,1-6H3. The van der Waals surface area contributed by atoms with Gasteiger partial charge in [0.1, 0.15) is 0 Å². The first-order valence-electron chi connectivity index (χ1n) is 12.2. The highest BCUT2D eigenvalue weighted by Gasteiger charge is 2.44. The number of carbonyl (C=O) groups excluding carboxylic acids is 2. The second-order valence-electron chi connectivity index (χ2n) is 10.3. The van der Waals surface area contributed by atoms with Crippen LogP contribution in [0.15, 0.2) is 47.1 Å². The van der Waals surface area contributed by atoms with Gasteiger partial charge in [0.15, 0.2) is 17.3 Å². The molecule has 0 radical (unpaired) electrons. The fraction of sp³-hybridized carbons (Fsp3) is 0.379. The van der Waals surface area contributed by atoms with E-state index in [9.17, 15) is 9.59 Å². The van der Waals surface area contributed by atoms with Gasteiger partial charge in [-0.3, -0.25) is 9.59 Å². The number of Topliss-reactive ketones (excluding diaryl/α,β-unsaturated/α-hetero) is 1. The predicted molar refractivity (Wildman–Crippen MR) is 141 cm³/mol. The quantitative estimate of drug-likeness (QED) is 0.541. The Balaban J connectivity index is 1.48. The summed E-state index contributed by atoms with van der Waals surface area (Å²) in [4.78, 5) is 30.1. The Morgan fingerprint density at radius 1 is 1.06 bits per heavy atom. The number of fused-ring (bicyclic) bond motifs is 2. The Kier molecular flexibility index (Phi) is 5.91. The van der Waals surface area contributed by atoms with Crippen molar-refractivity contribution < 1.29 is 19.1 Å². The van der Waals surface area contributed by atoms with E-state index in [2.05, 4.69) is 0 Å². The van der Waals surface area contributed by atoms with Gasteiger partial charge < -0.3 is 19.3 Å². The number of nitrogens with zero attached hydrogens (tertiary/aromatic N) is 2. The summed E-state index contributed by atoms with van der Waals surface area (Å²) in [6.45, 7) is 8.42. The van der Waals surface area contributed by atoms with Crippen molar-refractivity contribution in [1.82, 2.24) is 4.90 Å². The molecule has 36 heavy (non-hydrogen) atoms. The monoisotopic (exact) mass is 506 g/mol. The highest BCUT2D eigenvalue weighted by atomic mass is 35.5. The van der Waals surface area contributed by atoms with E-state index in [0.29, 0.717) is 59.2 Å². The number of allylic oxidation sites excluding steroid dienone is 3. The zero-order chi connectivity index (χ0) is 25.9. The molecule has 1 aliphatic carbocycles. The molecule has 2 aromatic carbocycles. The number of carbonyl (C=O) groups is 2. The van der Waals surface area contributed by atoms with Crippen LogP contribution < -0.4 is 14.4 Å². The molecule has 188 valence electrons. The van der Waals surface area contributed by atoms with Crippen LogP contribution in [-0.2, 0) is 17.0 Å². The molecule has 0 bridgehead atoms. The van der Waals surface area contributed by atoms with Gasteiger partial charge in [-0.1, -0.05) is 23.3 Å². The lowest BCUT2D eigenvalue weighted by Crippen LogP contribution is -2.40. The molecule has 0 saturated heterocycles. The number of hydrogen-bond donors (Lipinski definition) is 0. The normalized spacial score (nSPS) is 21.1. The van der Waals surface area contributed by atoms with Gasteiger partial charge in [0.2, 0.25) is 0 Å². The number of halogens is 1. The van der Waals surface area contributed by atoms with Gasteiger partial charge >= 0.3 is 0 Å². The second-order valence-corrected chi connectivity index (χ2v) is 10.6. The van der Waals surface area contributed by atoms with Crippen molar-refractivity contribution in [3.8, 4) is 11.5 Å². The largest absolute Gasteiger partial charge is 0.444 e. The molecule has 0 spiro atoms. The van der Waals surface area contributed by atoms with E-state index >= 15 is 0 Å². The molecule has 1 amide bonds. The Hall–Kier alpha value is -3.25. The summed E-state index contributed by atoms with van der Waals surface area (Å²) in [6, 6.07) is 7.98. The maximum Gasteiger partial charge on any atom is 0.275 e. The third-order valence-corrected chi connectivity index (χ3v) is 7.79. The minimum absolute atomic E-state index is 0.0857. The molecule has 2 aliphatic heterocycles. The second kappa shape index (κ2) is 8.70. The van der Waals surface area contributed by atoms with E-state index < -0.39 is 5.79 Å². The molecule has 2 aromatic rings. The van der Waals surface area contributed by atoms with Gasteiger partial charge in [0, 0.05) is 62.9 Å². The number of ketones is 1.